The number of non-ortho nitro benzene ring substituents is 1. The second kappa shape index (κ2) is 11.1. The molecule has 1 aliphatic heterocycles. The number of nitro benzene ring substituents is 1. The number of amides is 1. The fraction of sp³-hybridized carbons (Fsp3) is 0.400. The van der Waals surface area contributed by atoms with Crippen molar-refractivity contribution in [3.63, 3.8) is 0 Å². The van der Waals surface area contributed by atoms with Gasteiger partial charge in [-0.3, -0.25) is 19.8 Å². The highest BCUT2D eigenvalue weighted by molar-refractivity contribution is 5.87. The second-order valence-electron chi connectivity index (χ2n) is 8.46. The Morgan fingerprint density at radius 1 is 1.18 bits per heavy atom. The van der Waals surface area contributed by atoms with Crippen LogP contribution in [0.3, 0.4) is 0 Å². The number of aromatic nitrogens is 1. The number of nitro groups is 1. The fourth-order valence-corrected chi connectivity index (χ4v) is 4.41. The van der Waals surface area contributed by atoms with E-state index in [1.165, 1.54) is 11.6 Å². The van der Waals surface area contributed by atoms with Crippen molar-refractivity contribution in [1.82, 2.24) is 15.2 Å². The number of aromatic amines is 1. The molecule has 1 atom stereocenters. The predicted molar refractivity (Wildman–Crippen MR) is 127 cm³/mol. The van der Waals surface area contributed by atoms with Gasteiger partial charge in [-0.15, -0.1) is 0 Å². The van der Waals surface area contributed by atoms with Crippen LogP contribution < -0.4 is 5.32 Å². The van der Waals surface area contributed by atoms with E-state index in [4.69, 9.17) is 4.74 Å². The third-order valence-electron chi connectivity index (χ3n) is 6.26. The molecule has 2 heterocycles. The number of fused-ring (bicyclic) bond motifs is 1. The molecule has 0 bridgehead atoms. The van der Waals surface area contributed by atoms with Crippen LogP contribution in [0.5, 0.6) is 0 Å². The zero-order chi connectivity index (χ0) is 23.0. The van der Waals surface area contributed by atoms with Crippen LogP contribution in [0.2, 0.25) is 0 Å². The highest BCUT2D eigenvalue weighted by atomic mass is 16.6. The van der Waals surface area contributed by atoms with Crippen molar-refractivity contribution in [3.05, 3.63) is 76.0 Å². The number of rotatable bonds is 10. The number of nitrogens with one attached hydrogen (secondary N) is 2. The van der Waals surface area contributed by atoms with Crippen LogP contribution in [-0.2, 0) is 16.0 Å². The molecule has 33 heavy (non-hydrogen) atoms. The largest absolute Gasteiger partial charge is 0.379 e. The molecule has 0 radical (unpaired) electrons. The first-order valence-corrected chi connectivity index (χ1v) is 11.5. The highest BCUT2D eigenvalue weighted by Gasteiger charge is 2.21. The van der Waals surface area contributed by atoms with Gasteiger partial charge >= 0.3 is 0 Å². The topological polar surface area (TPSA) is 100 Å². The number of H-pyrrole nitrogens is 1. The van der Waals surface area contributed by atoms with Crippen LogP contribution >= 0.6 is 0 Å². The predicted octanol–water partition coefficient (Wildman–Crippen LogP) is 3.63. The molecular formula is C25H30N4O4. The average molecular weight is 451 g/mol. The summed E-state index contributed by atoms with van der Waals surface area (Å²) in [6, 6.07) is 15.0. The Hall–Kier alpha value is -3.23. The van der Waals surface area contributed by atoms with E-state index in [1.807, 2.05) is 24.4 Å². The summed E-state index contributed by atoms with van der Waals surface area (Å²) in [6.07, 6.45) is 3.83. The minimum Gasteiger partial charge on any atom is -0.379 e. The summed E-state index contributed by atoms with van der Waals surface area (Å²) in [5.74, 6) is -0.0505. The number of benzene rings is 2. The molecule has 8 nitrogen and oxygen atoms in total. The number of ether oxygens (including phenoxy) is 1. The molecule has 0 spiro atoms. The summed E-state index contributed by atoms with van der Waals surface area (Å²) in [4.78, 5) is 29.3. The van der Waals surface area contributed by atoms with Gasteiger partial charge in [0.05, 0.1) is 18.1 Å². The van der Waals surface area contributed by atoms with Crippen molar-refractivity contribution in [1.29, 1.82) is 0 Å². The molecule has 8 heteroatoms. The van der Waals surface area contributed by atoms with Crippen LogP contribution in [0.1, 0.15) is 29.9 Å². The maximum atomic E-state index is 12.8. The lowest BCUT2D eigenvalue weighted by molar-refractivity contribution is -0.384. The Balaban J connectivity index is 1.47. The Labute approximate surface area is 193 Å². The summed E-state index contributed by atoms with van der Waals surface area (Å²) in [5, 5.41) is 15.2. The number of hydrogen-bond acceptors (Lipinski definition) is 5. The molecule has 2 aromatic carbocycles. The molecule has 0 aliphatic carbocycles. The SMILES string of the molecule is O=C(C[C@@H](CCc1ccccc1)c1c[nH]c2ccc([N+](=O)[O-])cc12)NCCN1CCOCC1. The zero-order valence-corrected chi connectivity index (χ0v) is 18.7. The van der Waals surface area contributed by atoms with E-state index in [1.54, 1.807) is 12.1 Å². The van der Waals surface area contributed by atoms with Crippen LogP contribution in [0.4, 0.5) is 5.69 Å². The normalized spacial score (nSPS) is 15.4. The molecule has 1 saturated heterocycles. The molecule has 3 aromatic rings. The first-order valence-electron chi connectivity index (χ1n) is 11.5. The molecule has 174 valence electrons. The van der Waals surface area contributed by atoms with Gasteiger partial charge in [0, 0.05) is 61.8 Å². The summed E-state index contributed by atoms with van der Waals surface area (Å²) >= 11 is 0. The molecule has 0 saturated carbocycles. The fourth-order valence-electron chi connectivity index (χ4n) is 4.41. The molecule has 0 unspecified atom stereocenters. The Kier molecular flexibility index (Phi) is 7.70. The van der Waals surface area contributed by atoms with E-state index < -0.39 is 0 Å². The van der Waals surface area contributed by atoms with Crippen molar-refractivity contribution < 1.29 is 14.5 Å². The van der Waals surface area contributed by atoms with Crippen LogP contribution in [0.25, 0.3) is 10.9 Å². The molecule has 1 aliphatic rings. The Morgan fingerprint density at radius 3 is 2.73 bits per heavy atom. The number of aryl methyl sites for hydroxylation is 1. The molecular weight excluding hydrogens is 420 g/mol. The van der Waals surface area contributed by atoms with Crippen molar-refractivity contribution in [2.45, 2.75) is 25.2 Å². The third kappa shape index (κ3) is 6.18. The van der Waals surface area contributed by atoms with Gasteiger partial charge in [-0.1, -0.05) is 30.3 Å². The van der Waals surface area contributed by atoms with E-state index in [-0.39, 0.29) is 22.4 Å². The lowest BCUT2D eigenvalue weighted by Gasteiger charge is -2.26. The van der Waals surface area contributed by atoms with E-state index in [9.17, 15) is 14.9 Å². The third-order valence-corrected chi connectivity index (χ3v) is 6.26. The van der Waals surface area contributed by atoms with Gasteiger partial charge in [-0.2, -0.15) is 0 Å². The number of morpholine rings is 1. The second-order valence-corrected chi connectivity index (χ2v) is 8.46. The molecule has 1 amide bonds. The standard InChI is InChI=1S/C25H30N4O4/c30-25(26-10-11-28-12-14-33-15-13-28)16-20(7-6-19-4-2-1-3-5-19)23-18-27-24-9-8-21(29(31)32)17-22(23)24/h1-5,8-9,17-18,20,27H,6-7,10-16H2,(H,26,30)/t20-/m1/s1. The van der Waals surface area contributed by atoms with Gasteiger partial charge in [-0.05, 0) is 36.0 Å². The smallest absolute Gasteiger partial charge is 0.270 e. The monoisotopic (exact) mass is 450 g/mol. The summed E-state index contributed by atoms with van der Waals surface area (Å²) in [7, 11) is 0. The van der Waals surface area contributed by atoms with Gasteiger partial charge in [0.2, 0.25) is 5.91 Å². The van der Waals surface area contributed by atoms with Crippen molar-refractivity contribution in [2.24, 2.45) is 0 Å². The zero-order valence-electron chi connectivity index (χ0n) is 18.7. The minimum atomic E-state index is -0.381. The van der Waals surface area contributed by atoms with Gasteiger partial charge in [-0.25, -0.2) is 0 Å². The summed E-state index contributed by atoms with van der Waals surface area (Å²) in [6.45, 7) is 4.67. The van der Waals surface area contributed by atoms with Gasteiger partial charge in [0.15, 0.2) is 0 Å². The summed E-state index contributed by atoms with van der Waals surface area (Å²) < 4.78 is 5.37. The lowest BCUT2D eigenvalue weighted by Crippen LogP contribution is -2.41. The quantitative estimate of drug-likeness (QED) is 0.363. The van der Waals surface area contributed by atoms with Gasteiger partial charge in [0.1, 0.15) is 0 Å². The van der Waals surface area contributed by atoms with E-state index >= 15 is 0 Å². The highest BCUT2D eigenvalue weighted by Crippen LogP contribution is 2.33. The summed E-state index contributed by atoms with van der Waals surface area (Å²) in [5.41, 5.74) is 3.06. The van der Waals surface area contributed by atoms with Gasteiger partial charge < -0.3 is 15.0 Å². The van der Waals surface area contributed by atoms with Crippen molar-refractivity contribution in [2.75, 3.05) is 39.4 Å². The van der Waals surface area contributed by atoms with Crippen molar-refractivity contribution >= 4 is 22.5 Å². The first-order chi connectivity index (χ1) is 16.1. The average Bonchev–Trinajstić information content (AvgIpc) is 3.26. The Morgan fingerprint density at radius 2 is 1.97 bits per heavy atom. The maximum Gasteiger partial charge on any atom is 0.270 e. The number of hydrogen-bond donors (Lipinski definition) is 2. The molecule has 1 aromatic heterocycles. The van der Waals surface area contributed by atoms with Crippen LogP contribution in [-0.4, -0.2) is 60.1 Å². The molecule has 1 fully saturated rings. The van der Waals surface area contributed by atoms with Crippen LogP contribution in [0.15, 0.2) is 54.7 Å². The number of carbonyl (C=O) groups is 1. The van der Waals surface area contributed by atoms with E-state index in [0.717, 1.165) is 62.2 Å². The van der Waals surface area contributed by atoms with Crippen molar-refractivity contribution in [3.8, 4) is 0 Å². The van der Waals surface area contributed by atoms with E-state index in [2.05, 4.69) is 27.3 Å². The minimum absolute atomic E-state index is 0.00102. The number of carbonyl (C=O) groups excluding carboxylic acids is 1. The first kappa shape index (κ1) is 22.9. The van der Waals surface area contributed by atoms with Crippen LogP contribution in [0, 0.1) is 10.1 Å². The lowest BCUT2D eigenvalue weighted by atomic mass is 9.89. The molecule has 4 rings (SSSR count). The van der Waals surface area contributed by atoms with E-state index in [0.29, 0.717) is 13.0 Å². The molecule has 2 N–H and O–H groups in total. The number of nitrogens with zero attached hydrogens (tertiary/aromatic N) is 2. The maximum absolute atomic E-state index is 12.8. The van der Waals surface area contributed by atoms with Gasteiger partial charge in [0.25, 0.3) is 5.69 Å². The Bertz CT molecular complexity index is 1080.